The average molecular weight is 268 g/mol. The fraction of sp³-hybridized carbons (Fsp3) is 0.929. The SMILES string of the molecule is CN1CCN(CCN2CCNCC(C)(C)C2=O)CC1. The summed E-state index contributed by atoms with van der Waals surface area (Å²) >= 11 is 0. The molecule has 0 aromatic carbocycles. The number of nitrogens with one attached hydrogen (secondary N) is 1. The first-order valence-corrected chi connectivity index (χ1v) is 7.40. The predicted octanol–water partition coefficient (Wildman–Crippen LogP) is -0.308. The van der Waals surface area contributed by atoms with Crippen LogP contribution in [0, 0.1) is 5.41 Å². The zero-order chi connectivity index (χ0) is 13.9. The molecule has 2 fully saturated rings. The topological polar surface area (TPSA) is 38.8 Å². The van der Waals surface area contributed by atoms with Crippen molar-refractivity contribution >= 4 is 5.91 Å². The molecule has 0 spiro atoms. The molecule has 2 aliphatic heterocycles. The molecule has 2 aliphatic rings. The molecule has 0 saturated carbocycles. The van der Waals surface area contributed by atoms with Gasteiger partial charge in [-0.2, -0.15) is 0 Å². The van der Waals surface area contributed by atoms with Crippen LogP contribution < -0.4 is 5.32 Å². The summed E-state index contributed by atoms with van der Waals surface area (Å²) in [6.07, 6.45) is 0. The highest BCUT2D eigenvalue weighted by Gasteiger charge is 2.33. The molecule has 2 rings (SSSR count). The molecule has 1 amide bonds. The van der Waals surface area contributed by atoms with Crippen LogP contribution >= 0.6 is 0 Å². The van der Waals surface area contributed by atoms with Gasteiger partial charge in [-0.1, -0.05) is 0 Å². The van der Waals surface area contributed by atoms with Crippen molar-refractivity contribution in [3.05, 3.63) is 0 Å². The largest absolute Gasteiger partial charge is 0.340 e. The number of piperazine rings is 1. The molecule has 0 bridgehead atoms. The summed E-state index contributed by atoms with van der Waals surface area (Å²) in [7, 11) is 2.17. The summed E-state index contributed by atoms with van der Waals surface area (Å²) in [6, 6.07) is 0. The van der Waals surface area contributed by atoms with E-state index in [9.17, 15) is 4.79 Å². The minimum Gasteiger partial charge on any atom is -0.340 e. The smallest absolute Gasteiger partial charge is 0.229 e. The van der Waals surface area contributed by atoms with E-state index in [4.69, 9.17) is 0 Å². The summed E-state index contributed by atoms with van der Waals surface area (Å²) in [6.45, 7) is 13.0. The van der Waals surface area contributed by atoms with Gasteiger partial charge in [-0.15, -0.1) is 0 Å². The van der Waals surface area contributed by atoms with E-state index in [0.717, 1.165) is 58.9 Å². The maximum Gasteiger partial charge on any atom is 0.229 e. The van der Waals surface area contributed by atoms with Gasteiger partial charge in [-0.25, -0.2) is 0 Å². The lowest BCUT2D eigenvalue weighted by Gasteiger charge is -2.35. The summed E-state index contributed by atoms with van der Waals surface area (Å²) < 4.78 is 0. The molecule has 5 nitrogen and oxygen atoms in total. The first kappa shape index (κ1) is 14.8. The molecule has 0 aromatic heterocycles. The number of hydrogen-bond acceptors (Lipinski definition) is 4. The van der Waals surface area contributed by atoms with E-state index < -0.39 is 0 Å². The molecule has 0 aromatic rings. The first-order valence-electron chi connectivity index (χ1n) is 7.40. The van der Waals surface area contributed by atoms with Crippen molar-refractivity contribution in [2.24, 2.45) is 5.41 Å². The molecule has 5 heteroatoms. The van der Waals surface area contributed by atoms with Gasteiger partial charge < -0.3 is 15.1 Å². The molecule has 0 radical (unpaired) electrons. The highest BCUT2D eigenvalue weighted by Crippen LogP contribution is 2.19. The summed E-state index contributed by atoms with van der Waals surface area (Å²) in [5.74, 6) is 0.298. The molecule has 0 atom stereocenters. The molecular weight excluding hydrogens is 240 g/mol. The van der Waals surface area contributed by atoms with Crippen molar-refractivity contribution in [1.29, 1.82) is 0 Å². The fourth-order valence-electron chi connectivity index (χ4n) is 2.77. The Kier molecular flexibility index (Phi) is 4.81. The highest BCUT2D eigenvalue weighted by molar-refractivity contribution is 5.82. The van der Waals surface area contributed by atoms with Gasteiger partial charge in [-0.3, -0.25) is 9.69 Å². The van der Waals surface area contributed by atoms with Gasteiger partial charge in [0.15, 0.2) is 0 Å². The second-order valence-corrected chi connectivity index (χ2v) is 6.50. The van der Waals surface area contributed by atoms with Gasteiger partial charge in [0.2, 0.25) is 5.91 Å². The third kappa shape index (κ3) is 3.91. The van der Waals surface area contributed by atoms with E-state index in [2.05, 4.69) is 22.2 Å². The van der Waals surface area contributed by atoms with Crippen molar-refractivity contribution in [3.8, 4) is 0 Å². The van der Waals surface area contributed by atoms with Crippen LogP contribution in [0.25, 0.3) is 0 Å². The van der Waals surface area contributed by atoms with Crippen LogP contribution in [-0.2, 0) is 4.79 Å². The maximum atomic E-state index is 12.5. The van der Waals surface area contributed by atoms with Crippen LogP contribution in [0.1, 0.15) is 13.8 Å². The molecule has 19 heavy (non-hydrogen) atoms. The van der Waals surface area contributed by atoms with Gasteiger partial charge in [0.25, 0.3) is 0 Å². The van der Waals surface area contributed by atoms with Crippen LogP contribution in [0.2, 0.25) is 0 Å². The first-order chi connectivity index (χ1) is 8.99. The van der Waals surface area contributed by atoms with E-state index >= 15 is 0 Å². The van der Waals surface area contributed by atoms with Gasteiger partial charge in [0, 0.05) is 58.9 Å². The van der Waals surface area contributed by atoms with Crippen molar-refractivity contribution in [2.75, 3.05) is 66.0 Å². The zero-order valence-corrected chi connectivity index (χ0v) is 12.6. The van der Waals surface area contributed by atoms with Gasteiger partial charge in [0.05, 0.1) is 5.41 Å². The Morgan fingerprint density at radius 2 is 1.79 bits per heavy atom. The number of carbonyl (C=O) groups is 1. The van der Waals surface area contributed by atoms with Crippen LogP contribution in [0.5, 0.6) is 0 Å². The number of likely N-dealkylation sites (N-methyl/N-ethyl adjacent to an activating group) is 1. The summed E-state index contributed by atoms with van der Waals surface area (Å²) in [5.41, 5.74) is -0.265. The van der Waals surface area contributed by atoms with Crippen molar-refractivity contribution in [2.45, 2.75) is 13.8 Å². The number of hydrogen-bond donors (Lipinski definition) is 1. The summed E-state index contributed by atoms with van der Waals surface area (Å²) in [5, 5.41) is 3.36. The zero-order valence-electron chi connectivity index (χ0n) is 12.6. The van der Waals surface area contributed by atoms with Crippen molar-refractivity contribution in [3.63, 3.8) is 0 Å². The van der Waals surface area contributed by atoms with E-state index in [1.54, 1.807) is 0 Å². The Morgan fingerprint density at radius 1 is 1.11 bits per heavy atom. The lowest BCUT2D eigenvalue weighted by molar-refractivity contribution is -0.139. The summed E-state index contributed by atoms with van der Waals surface area (Å²) in [4.78, 5) is 19.3. The normalized spacial score (nSPS) is 26.5. The third-order valence-electron chi connectivity index (χ3n) is 4.27. The minimum absolute atomic E-state index is 0.265. The Morgan fingerprint density at radius 3 is 2.47 bits per heavy atom. The minimum atomic E-state index is -0.265. The Bertz CT molecular complexity index is 311. The molecule has 0 aliphatic carbocycles. The molecule has 1 N–H and O–H groups in total. The molecule has 110 valence electrons. The molecule has 0 unspecified atom stereocenters. The van der Waals surface area contributed by atoms with Crippen LogP contribution in [0.4, 0.5) is 0 Å². The lowest BCUT2D eigenvalue weighted by Crippen LogP contribution is -2.49. The van der Waals surface area contributed by atoms with Crippen molar-refractivity contribution in [1.82, 2.24) is 20.0 Å². The number of nitrogens with zero attached hydrogens (tertiary/aromatic N) is 3. The van der Waals surface area contributed by atoms with E-state index in [1.165, 1.54) is 0 Å². The van der Waals surface area contributed by atoms with Crippen molar-refractivity contribution < 1.29 is 4.79 Å². The van der Waals surface area contributed by atoms with E-state index in [-0.39, 0.29) is 5.41 Å². The number of carbonyl (C=O) groups excluding carboxylic acids is 1. The standard InChI is InChI=1S/C14H28N4O/c1-14(2)12-15-4-5-18(13(14)19)11-10-17-8-6-16(3)7-9-17/h15H,4-12H2,1-3H3. The molecular formula is C14H28N4O. The quantitative estimate of drug-likeness (QED) is 0.762. The van der Waals surface area contributed by atoms with Gasteiger partial charge in [-0.05, 0) is 20.9 Å². The molecule has 2 heterocycles. The van der Waals surface area contributed by atoms with Crippen LogP contribution in [-0.4, -0.2) is 86.6 Å². The second kappa shape index (κ2) is 6.20. The lowest BCUT2D eigenvalue weighted by atomic mass is 9.92. The fourth-order valence-corrected chi connectivity index (χ4v) is 2.77. The van der Waals surface area contributed by atoms with Crippen LogP contribution in [0.3, 0.4) is 0 Å². The average Bonchev–Trinajstić information content (AvgIpc) is 2.50. The Balaban J connectivity index is 1.82. The van der Waals surface area contributed by atoms with Crippen LogP contribution in [0.15, 0.2) is 0 Å². The third-order valence-corrected chi connectivity index (χ3v) is 4.27. The predicted molar refractivity (Wildman–Crippen MR) is 77.2 cm³/mol. The number of rotatable bonds is 3. The van der Waals surface area contributed by atoms with Gasteiger partial charge in [0.1, 0.15) is 0 Å². The molecule has 2 saturated heterocycles. The highest BCUT2D eigenvalue weighted by atomic mass is 16.2. The van der Waals surface area contributed by atoms with E-state index in [0.29, 0.717) is 5.91 Å². The second-order valence-electron chi connectivity index (χ2n) is 6.50. The maximum absolute atomic E-state index is 12.5. The Hall–Kier alpha value is -0.650. The number of amides is 1. The van der Waals surface area contributed by atoms with Gasteiger partial charge >= 0.3 is 0 Å². The van der Waals surface area contributed by atoms with E-state index in [1.807, 2.05) is 18.7 Å². The Labute approximate surface area is 116 Å². The monoisotopic (exact) mass is 268 g/mol.